The topological polar surface area (TPSA) is 15.3 Å². The van der Waals surface area contributed by atoms with Crippen molar-refractivity contribution in [3.05, 3.63) is 0 Å². The first kappa shape index (κ1) is 16.3. The lowest BCUT2D eigenvalue weighted by Gasteiger charge is -2.33. The molecule has 0 spiro atoms. The molecule has 0 aliphatic heterocycles. The smallest absolute Gasteiger partial charge is 0.00967 e. The van der Waals surface area contributed by atoms with Crippen molar-refractivity contribution < 1.29 is 0 Å². The average molecular weight is 246 g/mol. The van der Waals surface area contributed by atoms with Gasteiger partial charge in [-0.2, -0.15) is 11.8 Å². The molecule has 3 heteroatoms. The number of hydrogen-bond acceptors (Lipinski definition) is 3. The SMILES string of the molecule is CSCCN(C)CC(C)(C)CNC(C)(C)C. The summed E-state index contributed by atoms with van der Waals surface area (Å²) in [6, 6.07) is 0. The third-order valence-electron chi connectivity index (χ3n) is 2.47. The molecular weight excluding hydrogens is 216 g/mol. The van der Waals surface area contributed by atoms with Crippen LogP contribution in [0.25, 0.3) is 0 Å². The van der Waals surface area contributed by atoms with Crippen molar-refractivity contribution in [2.75, 3.05) is 38.7 Å². The first-order valence-electron chi connectivity index (χ1n) is 6.09. The predicted molar refractivity (Wildman–Crippen MR) is 77.4 cm³/mol. The van der Waals surface area contributed by atoms with Crippen molar-refractivity contribution >= 4 is 11.8 Å². The largest absolute Gasteiger partial charge is 0.311 e. The second-order valence-corrected chi connectivity index (χ2v) is 7.48. The number of thioether (sulfide) groups is 1. The van der Waals surface area contributed by atoms with E-state index in [9.17, 15) is 0 Å². The van der Waals surface area contributed by atoms with E-state index in [0.717, 1.165) is 13.1 Å². The molecule has 0 aromatic carbocycles. The van der Waals surface area contributed by atoms with Crippen molar-refractivity contribution in [2.24, 2.45) is 5.41 Å². The van der Waals surface area contributed by atoms with Crippen LogP contribution in [0.2, 0.25) is 0 Å². The van der Waals surface area contributed by atoms with Gasteiger partial charge in [-0.05, 0) is 39.5 Å². The van der Waals surface area contributed by atoms with Gasteiger partial charge in [0.25, 0.3) is 0 Å². The molecule has 0 bridgehead atoms. The third kappa shape index (κ3) is 9.49. The first-order valence-corrected chi connectivity index (χ1v) is 7.48. The van der Waals surface area contributed by atoms with Crippen molar-refractivity contribution in [3.8, 4) is 0 Å². The molecule has 0 atom stereocenters. The Kier molecular flexibility index (Phi) is 6.99. The second kappa shape index (κ2) is 6.87. The number of hydrogen-bond donors (Lipinski definition) is 1. The van der Waals surface area contributed by atoms with Crippen LogP contribution in [0.1, 0.15) is 34.6 Å². The van der Waals surface area contributed by atoms with Gasteiger partial charge in [-0.1, -0.05) is 13.8 Å². The van der Waals surface area contributed by atoms with E-state index < -0.39 is 0 Å². The number of nitrogens with zero attached hydrogens (tertiary/aromatic N) is 1. The van der Waals surface area contributed by atoms with E-state index in [0.29, 0.717) is 5.41 Å². The van der Waals surface area contributed by atoms with E-state index in [4.69, 9.17) is 0 Å². The van der Waals surface area contributed by atoms with Crippen LogP contribution in [0.3, 0.4) is 0 Å². The zero-order valence-corrected chi connectivity index (χ0v) is 13.0. The Morgan fingerprint density at radius 3 is 2.12 bits per heavy atom. The molecule has 1 N–H and O–H groups in total. The number of nitrogens with one attached hydrogen (secondary N) is 1. The minimum absolute atomic E-state index is 0.217. The zero-order valence-electron chi connectivity index (χ0n) is 12.2. The maximum absolute atomic E-state index is 3.59. The summed E-state index contributed by atoms with van der Waals surface area (Å²) in [6.45, 7) is 14.7. The average Bonchev–Trinajstić information content (AvgIpc) is 2.10. The molecule has 0 rings (SSSR count). The van der Waals surface area contributed by atoms with E-state index in [2.05, 4.69) is 58.1 Å². The molecule has 0 aliphatic rings. The Bertz CT molecular complexity index is 185. The standard InChI is InChI=1S/C13H30N2S/c1-12(2,3)14-10-13(4,5)11-15(6)8-9-16-7/h14H,8-11H2,1-7H3. The quantitative estimate of drug-likeness (QED) is 0.743. The molecule has 0 aromatic rings. The van der Waals surface area contributed by atoms with E-state index in [1.165, 1.54) is 12.3 Å². The lowest BCUT2D eigenvalue weighted by molar-refractivity contribution is 0.198. The van der Waals surface area contributed by atoms with Crippen molar-refractivity contribution in [1.29, 1.82) is 0 Å². The summed E-state index contributed by atoms with van der Waals surface area (Å²) in [6.07, 6.45) is 2.17. The van der Waals surface area contributed by atoms with Crippen LogP contribution < -0.4 is 5.32 Å². The predicted octanol–water partition coefficient (Wildman–Crippen LogP) is 2.70. The Morgan fingerprint density at radius 1 is 1.12 bits per heavy atom. The summed E-state index contributed by atoms with van der Waals surface area (Å²) >= 11 is 1.92. The van der Waals surface area contributed by atoms with E-state index >= 15 is 0 Å². The van der Waals surface area contributed by atoms with Crippen LogP contribution in [0, 0.1) is 5.41 Å². The molecule has 0 radical (unpaired) electrons. The summed E-state index contributed by atoms with van der Waals surface area (Å²) in [7, 11) is 2.22. The lowest BCUT2D eigenvalue weighted by Crippen LogP contribution is -2.45. The van der Waals surface area contributed by atoms with Gasteiger partial charge in [0.2, 0.25) is 0 Å². The molecule has 0 fully saturated rings. The van der Waals surface area contributed by atoms with Gasteiger partial charge in [-0.3, -0.25) is 0 Å². The minimum atomic E-state index is 0.217. The highest BCUT2D eigenvalue weighted by atomic mass is 32.2. The first-order chi connectivity index (χ1) is 7.16. The molecule has 98 valence electrons. The summed E-state index contributed by atoms with van der Waals surface area (Å²) in [5, 5.41) is 3.59. The van der Waals surface area contributed by atoms with Gasteiger partial charge in [0.15, 0.2) is 0 Å². The summed E-state index contributed by atoms with van der Waals surface area (Å²) in [5.41, 5.74) is 0.551. The highest BCUT2D eigenvalue weighted by molar-refractivity contribution is 7.98. The normalized spacial score (nSPS) is 13.5. The summed E-state index contributed by atoms with van der Waals surface area (Å²) in [5.74, 6) is 1.22. The lowest BCUT2D eigenvalue weighted by atomic mass is 9.91. The van der Waals surface area contributed by atoms with E-state index in [-0.39, 0.29) is 5.54 Å². The van der Waals surface area contributed by atoms with Gasteiger partial charge in [0, 0.05) is 30.9 Å². The van der Waals surface area contributed by atoms with Crippen molar-refractivity contribution in [2.45, 2.75) is 40.2 Å². The molecular formula is C13H30N2S. The van der Waals surface area contributed by atoms with Crippen molar-refractivity contribution in [3.63, 3.8) is 0 Å². The van der Waals surface area contributed by atoms with Crippen LogP contribution in [-0.4, -0.2) is 49.1 Å². The highest BCUT2D eigenvalue weighted by Crippen LogP contribution is 2.16. The Labute approximate surface area is 107 Å². The third-order valence-corrected chi connectivity index (χ3v) is 3.06. The highest BCUT2D eigenvalue weighted by Gasteiger charge is 2.22. The Balaban J connectivity index is 3.93. The van der Waals surface area contributed by atoms with Gasteiger partial charge in [-0.15, -0.1) is 0 Å². The maximum Gasteiger partial charge on any atom is 0.00967 e. The van der Waals surface area contributed by atoms with Gasteiger partial charge >= 0.3 is 0 Å². The van der Waals surface area contributed by atoms with Gasteiger partial charge in [-0.25, -0.2) is 0 Å². The van der Waals surface area contributed by atoms with Gasteiger partial charge < -0.3 is 10.2 Å². The molecule has 0 amide bonds. The molecule has 0 unspecified atom stereocenters. The molecule has 0 heterocycles. The monoisotopic (exact) mass is 246 g/mol. The fourth-order valence-electron chi connectivity index (χ4n) is 1.62. The van der Waals surface area contributed by atoms with Gasteiger partial charge in [0.1, 0.15) is 0 Å². The fourth-order valence-corrected chi connectivity index (χ4v) is 2.11. The Morgan fingerprint density at radius 2 is 1.69 bits per heavy atom. The van der Waals surface area contributed by atoms with Crippen molar-refractivity contribution in [1.82, 2.24) is 10.2 Å². The molecule has 16 heavy (non-hydrogen) atoms. The molecule has 0 aliphatic carbocycles. The molecule has 0 aromatic heterocycles. The fraction of sp³-hybridized carbons (Fsp3) is 1.00. The summed E-state index contributed by atoms with van der Waals surface area (Å²) < 4.78 is 0. The molecule has 0 saturated heterocycles. The maximum atomic E-state index is 3.59. The zero-order chi connectivity index (χ0) is 12.8. The molecule has 2 nitrogen and oxygen atoms in total. The minimum Gasteiger partial charge on any atom is -0.311 e. The van der Waals surface area contributed by atoms with Crippen LogP contribution in [0.4, 0.5) is 0 Å². The number of rotatable bonds is 7. The van der Waals surface area contributed by atoms with Crippen LogP contribution in [0.15, 0.2) is 0 Å². The van der Waals surface area contributed by atoms with E-state index in [1.807, 2.05) is 11.8 Å². The second-order valence-electron chi connectivity index (χ2n) is 6.50. The van der Waals surface area contributed by atoms with Crippen LogP contribution in [0.5, 0.6) is 0 Å². The van der Waals surface area contributed by atoms with Crippen LogP contribution >= 0.6 is 11.8 Å². The summed E-state index contributed by atoms with van der Waals surface area (Å²) in [4.78, 5) is 2.43. The molecule has 0 saturated carbocycles. The van der Waals surface area contributed by atoms with Crippen LogP contribution in [-0.2, 0) is 0 Å². The Hall–Kier alpha value is 0.270. The van der Waals surface area contributed by atoms with E-state index in [1.54, 1.807) is 0 Å². The van der Waals surface area contributed by atoms with Gasteiger partial charge in [0.05, 0.1) is 0 Å².